The second kappa shape index (κ2) is 4.71. The lowest BCUT2D eigenvalue weighted by molar-refractivity contribution is 0.0991. The molecule has 0 aliphatic carbocycles. The van der Waals surface area contributed by atoms with Crippen molar-refractivity contribution < 1.29 is 4.79 Å². The highest BCUT2D eigenvalue weighted by Crippen LogP contribution is 2.21. The monoisotopic (exact) mass is 293 g/mol. The predicted octanol–water partition coefficient (Wildman–Crippen LogP) is 2.19. The molecule has 1 aromatic heterocycles. The van der Waals surface area contributed by atoms with Crippen LogP contribution < -0.4 is 5.73 Å². The van der Waals surface area contributed by atoms with Gasteiger partial charge in [0.1, 0.15) is 0 Å². The van der Waals surface area contributed by atoms with E-state index in [1.54, 1.807) is 22.9 Å². The summed E-state index contributed by atoms with van der Waals surface area (Å²) in [6.07, 6.45) is 2.10. The maximum absolute atomic E-state index is 12.1. The van der Waals surface area contributed by atoms with Gasteiger partial charge in [0.25, 0.3) is 0 Å². The summed E-state index contributed by atoms with van der Waals surface area (Å²) in [5.74, 6) is 0.00266. The van der Waals surface area contributed by atoms with E-state index in [4.69, 9.17) is 5.73 Å². The lowest BCUT2D eigenvalue weighted by atomic mass is 10.1. The molecule has 17 heavy (non-hydrogen) atoms. The van der Waals surface area contributed by atoms with Gasteiger partial charge in [-0.3, -0.25) is 9.48 Å². The highest BCUT2D eigenvalue weighted by Gasteiger charge is 2.12. The maximum Gasteiger partial charge on any atom is 0.170 e. The van der Waals surface area contributed by atoms with Crippen LogP contribution in [-0.4, -0.2) is 15.6 Å². The van der Waals surface area contributed by atoms with E-state index >= 15 is 0 Å². The molecule has 5 heteroatoms. The van der Waals surface area contributed by atoms with Crippen LogP contribution in [0.5, 0.6) is 0 Å². The average molecular weight is 294 g/mol. The molecule has 0 spiro atoms. The van der Waals surface area contributed by atoms with Gasteiger partial charge in [0, 0.05) is 29.0 Å². The molecule has 0 aliphatic rings. The van der Waals surface area contributed by atoms with Crippen molar-refractivity contribution in [3.05, 3.63) is 46.2 Å². The zero-order valence-electron chi connectivity index (χ0n) is 9.35. The predicted molar refractivity (Wildman–Crippen MR) is 69.8 cm³/mol. The number of carbonyl (C=O) groups excluding carboxylic acids is 1. The fourth-order valence-corrected chi connectivity index (χ4v) is 2.04. The minimum Gasteiger partial charge on any atom is -0.399 e. The van der Waals surface area contributed by atoms with Gasteiger partial charge in [-0.05, 0) is 24.3 Å². The SMILES string of the molecule is Cn1ccc(CC(=O)c2cc(N)ccc2Br)n1. The molecule has 0 radical (unpaired) electrons. The Morgan fingerprint density at radius 3 is 2.88 bits per heavy atom. The van der Waals surface area contributed by atoms with Crippen molar-refractivity contribution in [3.63, 3.8) is 0 Å². The number of carbonyl (C=O) groups is 1. The number of rotatable bonds is 3. The second-order valence-electron chi connectivity index (χ2n) is 3.82. The van der Waals surface area contributed by atoms with Crippen LogP contribution in [0.25, 0.3) is 0 Å². The van der Waals surface area contributed by atoms with Gasteiger partial charge in [-0.15, -0.1) is 0 Å². The number of anilines is 1. The van der Waals surface area contributed by atoms with E-state index in [1.165, 1.54) is 0 Å². The normalized spacial score (nSPS) is 10.5. The highest BCUT2D eigenvalue weighted by molar-refractivity contribution is 9.10. The second-order valence-corrected chi connectivity index (χ2v) is 4.67. The number of aryl methyl sites for hydroxylation is 1. The summed E-state index contributed by atoms with van der Waals surface area (Å²) in [7, 11) is 1.82. The summed E-state index contributed by atoms with van der Waals surface area (Å²) >= 11 is 3.35. The Kier molecular flexibility index (Phi) is 3.28. The number of ketones is 1. The standard InChI is InChI=1S/C12H12BrN3O/c1-16-5-4-9(15-16)7-12(17)10-6-8(14)2-3-11(10)13/h2-6H,7,14H2,1H3. The lowest BCUT2D eigenvalue weighted by Gasteiger charge is -2.03. The van der Waals surface area contributed by atoms with Gasteiger partial charge >= 0.3 is 0 Å². The largest absolute Gasteiger partial charge is 0.399 e. The quantitative estimate of drug-likeness (QED) is 0.697. The molecule has 1 aromatic carbocycles. The van der Waals surface area contributed by atoms with Gasteiger partial charge in [0.15, 0.2) is 5.78 Å². The van der Waals surface area contributed by atoms with Crippen LogP contribution in [0.4, 0.5) is 5.69 Å². The highest BCUT2D eigenvalue weighted by atomic mass is 79.9. The first-order chi connectivity index (χ1) is 8.06. The number of halogens is 1. The van der Waals surface area contributed by atoms with Gasteiger partial charge in [-0.25, -0.2) is 0 Å². The zero-order valence-corrected chi connectivity index (χ0v) is 10.9. The van der Waals surface area contributed by atoms with Crippen molar-refractivity contribution in [2.75, 3.05) is 5.73 Å². The number of nitrogens with zero attached hydrogens (tertiary/aromatic N) is 2. The Labute approximate surface area is 108 Å². The average Bonchev–Trinajstić information content (AvgIpc) is 2.67. The molecule has 0 amide bonds. The van der Waals surface area contributed by atoms with Crippen LogP contribution >= 0.6 is 15.9 Å². The third-order valence-electron chi connectivity index (χ3n) is 2.40. The Bertz CT molecular complexity index is 563. The molecule has 2 aromatic rings. The molecule has 0 bridgehead atoms. The molecule has 2 rings (SSSR count). The molecule has 0 aliphatic heterocycles. The minimum atomic E-state index is 0.00266. The maximum atomic E-state index is 12.1. The van der Waals surface area contributed by atoms with Crippen LogP contribution in [0, 0.1) is 0 Å². The number of benzene rings is 1. The third-order valence-corrected chi connectivity index (χ3v) is 3.09. The fraction of sp³-hybridized carbons (Fsp3) is 0.167. The van der Waals surface area contributed by atoms with Crippen LogP contribution in [0.2, 0.25) is 0 Å². The first-order valence-electron chi connectivity index (χ1n) is 5.13. The number of hydrogen-bond acceptors (Lipinski definition) is 3. The molecule has 1 heterocycles. The van der Waals surface area contributed by atoms with E-state index in [0.717, 1.165) is 10.2 Å². The number of Topliss-reactive ketones (excluding diaryl/α,β-unsaturated/α-hetero) is 1. The number of hydrogen-bond donors (Lipinski definition) is 1. The Morgan fingerprint density at radius 1 is 1.47 bits per heavy atom. The van der Waals surface area contributed by atoms with Crippen LogP contribution in [0.1, 0.15) is 16.1 Å². The summed E-state index contributed by atoms with van der Waals surface area (Å²) < 4.78 is 2.43. The number of aromatic nitrogens is 2. The van der Waals surface area contributed by atoms with E-state index < -0.39 is 0 Å². The molecule has 0 atom stereocenters. The molecule has 0 saturated heterocycles. The van der Waals surface area contributed by atoms with Crippen molar-refractivity contribution in [2.45, 2.75) is 6.42 Å². The lowest BCUT2D eigenvalue weighted by Crippen LogP contribution is -2.06. The number of nitrogens with two attached hydrogens (primary N) is 1. The molecular formula is C12H12BrN3O. The van der Waals surface area contributed by atoms with Crippen LogP contribution in [0.15, 0.2) is 34.9 Å². The topological polar surface area (TPSA) is 60.9 Å². The van der Waals surface area contributed by atoms with Gasteiger partial charge in [-0.1, -0.05) is 15.9 Å². The molecule has 4 nitrogen and oxygen atoms in total. The van der Waals surface area contributed by atoms with Crippen molar-refractivity contribution in [1.29, 1.82) is 0 Å². The third kappa shape index (κ3) is 2.74. The van der Waals surface area contributed by atoms with E-state index in [2.05, 4.69) is 21.0 Å². The van der Waals surface area contributed by atoms with Gasteiger partial charge in [0.2, 0.25) is 0 Å². The molecule has 0 saturated carbocycles. The Hall–Kier alpha value is -1.62. The van der Waals surface area contributed by atoms with Crippen LogP contribution in [0.3, 0.4) is 0 Å². The van der Waals surface area contributed by atoms with Crippen molar-refractivity contribution >= 4 is 27.4 Å². The smallest absolute Gasteiger partial charge is 0.170 e. The van der Waals surface area contributed by atoms with Crippen LogP contribution in [-0.2, 0) is 13.5 Å². The first-order valence-corrected chi connectivity index (χ1v) is 5.92. The summed E-state index contributed by atoms with van der Waals surface area (Å²) in [6, 6.07) is 7.04. The molecule has 88 valence electrons. The zero-order chi connectivity index (χ0) is 12.4. The van der Waals surface area contributed by atoms with E-state index in [9.17, 15) is 4.79 Å². The van der Waals surface area contributed by atoms with Gasteiger partial charge in [-0.2, -0.15) is 5.10 Å². The van der Waals surface area contributed by atoms with Crippen molar-refractivity contribution in [2.24, 2.45) is 7.05 Å². The van der Waals surface area contributed by atoms with E-state index in [-0.39, 0.29) is 12.2 Å². The Balaban J connectivity index is 2.22. The van der Waals surface area contributed by atoms with Gasteiger partial charge < -0.3 is 5.73 Å². The fourth-order valence-electron chi connectivity index (χ4n) is 1.57. The number of nitrogen functional groups attached to an aromatic ring is 1. The molecule has 2 N–H and O–H groups in total. The summed E-state index contributed by atoms with van der Waals surface area (Å²) in [4.78, 5) is 12.1. The molecule has 0 unspecified atom stereocenters. The minimum absolute atomic E-state index is 0.00266. The summed E-state index contributed by atoms with van der Waals surface area (Å²) in [5.41, 5.74) is 7.60. The van der Waals surface area contributed by atoms with Crippen molar-refractivity contribution in [3.8, 4) is 0 Å². The molecule has 0 fully saturated rings. The van der Waals surface area contributed by atoms with Crippen molar-refractivity contribution in [1.82, 2.24) is 9.78 Å². The van der Waals surface area contributed by atoms with E-state index in [0.29, 0.717) is 11.3 Å². The van der Waals surface area contributed by atoms with E-state index in [1.807, 2.05) is 19.3 Å². The Morgan fingerprint density at radius 2 is 2.24 bits per heavy atom. The first kappa shape index (κ1) is 11.9. The van der Waals surface area contributed by atoms with Gasteiger partial charge in [0.05, 0.1) is 12.1 Å². The summed E-state index contributed by atoms with van der Waals surface area (Å²) in [5, 5.41) is 4.18. The summed E-state index contributed by atoms with van der Waals surface area (Å²) in [6.45, 7) is 0. The molecular weight excluding hydrogens is 282 g/mol.